The lowest BCUT2D eigenvalue weighted by molar-refractivity contribution is 0.0993. The molecule has 0 saturated heterocycles. The largest absolute Gasteiger partial charge is 0.489 e. The molecule has 216 valence electrons. The van der Waals surface area contributed by atoms with Crippen LogP contribution in [-0.2, 0) is 13.0 Å². The number of aromatic amines is 1. The number of primary amides is 1. The van der Waals surface area contributed by atoms with E-state index in [1.54, 1.807) is 22.8 Å². The number of benzene rings is 3. The van der Waals surface area contributed by atoms with Gasteiger partial charge in [0.2, 0.25) is 5.91 Å². The van der Waals surface area contributed by atoms with Crippen LogP contribution < -0.4 is 26.2 Å². The Labute approximate surface area is 239 Å². The van der Waals surface area contributed by atoms with Crippen LogP contribution in [0, 0.1) is 12.8 Å². The maximum absolute atomic E-state index is 12.5. The van der Waals surface area contributed by atoms with E-state index in [1.807, 2.05) is 49.4 Å². The number of aliphatic hydroxyl groups excluding tert-OH is 1. The normalized spacial score (nSPS) is 14.2. The zero-order valence-corrected chi connectivity index (χ0v) is 23.8. The zero-order valence-electron chi connectivity index (χ0n) is 23.8. The van der Waals surface area contributed by atoms with Crippen LogP contribution in [0.4, 0.5) is 0 Å². The van der Waals surface area contributed by atoms with Gasteiger partial charge in [-0.3, -0.25) is 9.36 Å². The summed E-state index contributed by atoms with van der Waals surface area (Å²) in [5, 5.41) is 14.1. The van der Waals surface area contributed by atoms with Gasteiger partial charge in [-0.05, 0) is 99.5 Å². The third kappa shape index (κ3) is 7.17. The van der Waals surface area contributed by atoms with Crippen LogP contribution in [0.15, 0.2) is 65.5 Å². The number of ether oxygens (including phenoxy) is 2. The van der Waals surface area contributed by atoms with Gasteiger partial charge in [0, 0.05) is 24.2 Å². The number of aryl methyl sites for hydroxylation is 1. The highest BCUT2D eigenvalue weighted by Crippen LogP contribution is 2.33. The van der Waals surface area contributed by atoms with Crippen molar-refractivity contribution in [2.45, 2.75) is 58.2 Å². The molecule has 1 fully saturated rings. The van der Waals surface area contributed by atoms with E-state index < -0.39 is 12.0 Å². The number of para-hydroxylation sites is 1. The predicted octanol–water partition coefficient (Wildman–Crippen LogP) is 4.29. The molecule has 5 rings (SSSR count). The van der Waals surface area contributed by atoms with Crippen molar-refractivity contribution in [3.63, 3.8) is 0 Å². The molecule has 41 heavy (non-hydrogen) atoms. The first-order valence-electron chi connectivity index (χ1n) is 14.0. The summed E-state index contributed by atoms with van der Waals surface area (Å²) in [6.07, 6.45) is 2.30. The van der Waals surface area contributed by atoms with Gasteiger partial charge in [-0.1, -0.05) is 18.2 Å². The van der Waals surface area contributed by atoms with Crippen molar-refractivity contribution in [2.24, 2.45) is 11.7 Å². The Hall–Kier alpha value is -4.08. The second kappa shape index (κ2) is 11.8. The fourth-order valence-electron chi connectivity index (χ4n) is 4.97. The Balaban J connectivity index is 1.13. The number of amides is 1. The van der Waals surface area contributed by atoms with Crippen molar-refractivity contribution in [1.29, 1.82) is 0 Å². The van der Waals surface area contributed by atoms with Crippen LogP contribution in [0.5, 0.6) is 17.2 Å². The molecule has 1 heterocycles. The predicted molar refractivity (Wildman–Crippen MR) is 159 cm³/mol. The summed E-state index contributed by atoms with van der Waals surface area (Å²) in [6, 6.07) is 18.5. The van der Waals surface area contributed by atoms with Crippen molar-refractivity contribution < 1.29 is 19.4 Å². The first-order valence-corrected chi connectivity index (χ1v) is 14.0. The molecule has 0 radical (unpaired) electrons. The molecule has 0 spiro atoms. The van der Waals surface area contributed by atoms with Crippen LogP contribution in [0.1, 0.15) is 48.2 Å². The number of carbonyl (C=O) groups excluding carboxylic acids is 1. The summed E-state index contributed by atoms with van der Waals surface area (Å²) in [6.45, 7) is 7.20. The fourth-order valence-corrected chi connectivity index (χ4v) is 4.97. The number of β-amino-alcohol motifs (C(OH)–C–C–N with tert-alkyl or cyclic N) is 1. The molecule has 9 nitrogen and oxygen atoms in total. The van der Waals surface area contributed by atoms with Gasteiger partial charge in [-0.25, -0.2) is 4.79 Å². The third-order valence-corrected chi connectivity index (χ3v) is 7.40. The number of hydrogen-bond donors (Lipinski definition) is 4. The lowest BCUT2D eigenvalue weighted by Gasteiger charge is -2.28. The molecule has 3 aromatic carbocycles. The van der Waals surface area contributed by atoms with Crippen LogP contribution >= 0.6 is 0 Å². The van der Waals surface area contributed by atoms with E-state index >= 15 is 0 Å². The smallest absolute Gasteiger partial charge is 0.326 e. The van der Waals surface area contributed by atoms with Crippen LogP contribution in [-0.4, -0.2) is 45.4 Å². The molecule has 4 aromatic rings. The van der Waals surface area contributed by atoms with Crippen LogP contribution in [0.3, 0.4) is 0 Å². The van der Waals surface area contributed by atoms with Gasteiger partial charge in [0.25, 0.3) is 0 Å². The van der Waals surface area contributed by atoms with Gasteiger partial charge >= 0.3 is 5.69 Å². The molecule has 1 aromatic heterocycles. The first-order chi connectivity index (χ1) is 19.6. The number of hydrogen-bond acceptors (Lipinski definition) is 6. The quantitative estimate of drug-likeness (QED) is 0.194. The maximum atomic E-state index is 12.5. The number of nitrogens with two attached hydrogens (primary N) is 1. The Kier molecular flexibility index (Phi) is 8.19. The van der Waals surface area contributed by atoms with Gasteiger partial charge < -0.3 is 30.6 Å². The van der Waals surface area contributed by atoms with E-state index in [0.717, 1.165) is 41.4 Å². The number of imidazole rings is 1. The van der Waals surface area contributed by atoms with Gasteiger partial charge in [-0.2, -0.15) is 0 Å². The number of carbonyl (C=O) groups is 1. The Morgan fingerprint density at radius 1 is 1.15 bits per heavy atom. The highest BCUT2D eigenvalue weighted by Gasteiger charge is 2.25. The molecule has 5 N–H and O–H groups in total. The molecule has 1 aliphatic rings. The Morgan fingerprint density at radius 3 is 2.59 bits per heavy atom. The monoisotopic (exact) mass is 558 g/mol. The summed E-state index contributed by atoms with van der Waals surface area (Å²) in [5.74, 6) is 2.04. The van der Waals surface area contributed by atoms with E-state index in [9.17, 15) is 14.7 Å². The van der Waals surface area contributed by atoms with E-state index in [0.29, 0.717) is 41.8 Å². The van der Waals surface area contributed by atoms with Gasteiger partial charge in [0.1, 0.15) is 35.5 Å². The van der Waals surface area contributed by atoms with E-state index in [-0.39, 0.29) is 17.8 Å². The molecular weight excluding hydrogens is 520 g/mol. The highest BCUT2D eigenvalue weighted by molar-refractivity contribution is 5.93. The van der Waals surface area contributed by atoms with Crippen molar-refractivity contribution in [2.75, 3.05) is 13.2 Å². The highest BCUT2D eigenvalue weighted by atomic mass is 16.5. The average Bonchev–Trinajstić information content (AvgIpc) is 3.70. The first kappa shape index (κ1) is 28.4. The van der Waals surface area contributed by atoms with Crippen LogP contribution in [0.2, 0.25) is 0 Å². The van der Waals surface area contributed by atoms with E-state index in [2.05, 4.69) is 24.1 Å². The Morgan fingerprint density at radius 2 is 1.90 bits per heavy atom. The average molecular weight is 559 g/mol. The van der Waals surface area contributed by atoms with Gasteiger partial charge in [0.15, 0.2) is 0 Å². The number of aliphatic hydroxyl groups is 1. The minimum Gasteiger partial charge on any atom is -0.489 e. The molecule has 9 heteroatoms. The number of nitrogens with zero attached hydrogens (tertiary/aromatic N) is 1. The summed E-state index contributed by atoms with van der Waals surface area (Å²) in [5.41, 5.74) is 8.85. The van der Waals surface area contributed by atoms with Crippen molar-refractivity contribution in [1.82, 2.24) is 14.9 Å². The standard InChI is InChI=1S/C32H38N4O5/c1-20-15-23(30(33)38)11-14-27(20)41-25-12-9-21(10-13-25)16-32(2,3)34-17-24(37)19-40-28-6-4-5-26-29(28)36(31(39)35-26)18-22-7-8-22/h4-6,9-15,22,24,34,37H,7-8,16-19H2,1-3H3,(H2,33,38)(H,35,39)/t24-/m0/s1. The summed E-state index contributed by atoms with van der Waals surface area (Å²) < 4.78 is 13.8. The fraction of sp³-hybridized carbons (Fsp3) is 0.375. The lowest BCUT2D eigenvalue weighted by Crippen LogP contribution is -2.46. The molecular formula is C32H38N4O5. The van der Waals surface area contributed by atoms with Crippen LogP contribution in [0.25, 0.3) is 11.0 Å². The van der Waals surface area contributed by atoms with Crippen molar-refractivity contribution in [3.8, 4) is 17.2 Å². The van der Waals surface area contributed by atoms with E-state index in [1.165, 1.54) is 0 Å². The molecule has 1 saturated carbocycles. The number of rotatable bonds is 13. The second-order valence-corrected chi connectivity index (χ2v) is 11.6. The number of H-pyrrole nitrogens is 1. The minimum atomic E-state index is -0.730. The third-order valence-electron chi connectivity index (χ3n) is 7.40. The molecule has 0 unspecified atom stereocenters. The summed E-state index contributed by atoms with van der Waals surface area (Å²) in [7, 11) is 0. The number of nitrogens with one attached hydrogen (secondary N) is 2. The second-order valence-electron chi connectivity index (χ2n) is 11.6. The minimum absolute atomic E-state index is 0.108. The van der Waals surface area contributed by atoms with Gasteiger partial charge in [0.05, 0.1) is 5.52 Å². The topological polar surface area (TPSA) is 132 Å². The Bertz CT molecular complexity index is 1580. The number of aromatic nitrogens is 2. The van der Waals surface area contributed by atoms with Crippen molar-refractivity contribution >= 4 is 16.9 Å². The summed E-state index contributed by atoms with van der Waals surface area (Å²) in [4.78, 5) is 26.8. The molecule has 0 aliphatic heterocycles. The number of fused-ring (bicyclic) bond motifs is 1. The van der Waals surface area contributed by atoms with Gasteiger partial charge in [-0.15, -0.1) is 0 Å². The zero-order chi connectivity index (χ0) is 29.1. The molecule has 0 bridgehead atoms. The van der Waals surface area contributed by atoms with E-state index in [4.69, 9.17) is 15.2 Å². The molecule has 1 amide bonds. The summed E-state index contributed by atoms with van der Waals surface area (Å²) >= 11 is 0. The van der Waals surface area contributed by atoms with Crippen molar-refractivity contribution in [3.05, 3.63) is 87.8 Å². The SMILES string of the molecule is Cc1cc(C(N)=O)ccc1Oc1ccc(CC(C)(C)NC[C@H](O)COc2cccc3[nH]c(=O)n(CC4CC4)c23)cc1. The maximum Gasteiger partial charge on any atom is 0.326 e. The lowest BCUT2D eigenvalue weighted by atomic mass is 9.94. The molecule has 1 aliphatic carbocycles. The molecule has 1 atom stereocenters.